The number of nitrogens with two attached hydrogens (primary N) is 1. The van der Waals surface area contributed by atoms with Gasteiger partial charge in [-0.1, -0.05) is 39.8 Å². The Morgan fingerprint density at radius 3 is 2.31 bits per heavy atom. The molecule has 248 valence electrons. The van der Waals surface area contributed by atoms with Gasteiger partial charge in [-0.25, -0.2) is 4.79 Å². The van der Waals surface area contributed by atoms with Crippen LogP contribution in [0.4, 0.5) is 0 Å². The Bertz CT molecular complexity index is 1380. The molecule has 6 aliphatic rings. The number of carboxylic acid groups (broad SMARTS) is 1. The number of nitrogens with zero attached hydrogens (tertiary/aromatic N) is 1. The number of likely N-dealkylation sites (N-methyl/N-ethyl adjacent to an activating group) is 1. The van der Waals surface area contributed by atoms with Gasteiger partial charge in [-0.3, -0.25) is 4.79 Å². The van der Waals surface area contributed by atoms with E-state index in [0.29, 0.717) is 47.6 Å². The maximum atomic E-state index is 13.3. The Kier molecular flexibility index (Phi) is 7.05. The largest absolute Gasteiger partial charge is 0.478 e. The highest BCUT2D eigenvalue weighted by Gasteiger charge is 2.82. The molecule has 45 heavy (non-hydrogen) atoms. The number of rotatable bonds is 6. The summed E-state index contributed by atoms with van der Waals surface area (Å²) in [5.41, 5.74) is 9.57. The quantitative estimate of drug-likeness (QED) is 0.300. The normalized spacial score (nSPS) is 48.1. The molecule has 1 saturated heterocycles. The van der Waals surface area contributed by atoms with E-state index >= 15 is 0 Å². The molecule has 1 unspecified atom stereocenters. The molecule has 6 fully saturated rings. The minimum Gasteiger partial charge on any atom is -0.478 e. The van der Waals surface area contributed by atoms with Crippen LogP contribution in [-0.4, -0.2) is 64.7 Å². The highest BCUT2D eigenvalue weighted by atomic mass is 16.4. The van der Waals surface area contributed by atoms with Crippen LogP contribution in [0.15, 0.2) is 24.3 Å². The second-order valence-corrected chi connectivity index (χ2v) is 17.8. The smallest absolute Gasteiger partial charge is 0.335 e. The van der Waals surface area contributed by atoms with Crippen LogP contribution < -0.4 is 16.4 Å². The van der Waals surface area contributed by atoms with E-state index in [1.165, 1.54) is 31.2 Å². The van der Waals surface area contributed by atoms with Crippen LogP contribution in [0, 0.1) is 40.4 Å². The second kappa shape index (κ2) is 10.0. The van der Waals surface area contributed by atoms with Crippen LogP contribution in [0.25, 0.3) is 0 Å². The van der Waals surface area contributed by atoms with E-state index in [0.717, 1.165) is 38.5 Å². The number of carboxylic acids is 1. The number of benzene rings is 1. The lowest BCUT2D eigenvalue weighted by atomic mass is 9.35. The van der Waals surface area contributed by atoms with Crippen LogP contribution >= 0.6 is 0 Å². The third-order valence-corrected chi connectivity index (χ3v) is 15.7. The average Bonchev–Trinajstić information content (AvgIpc) is 3.44. The van der Waals surface area contributed by atoms with Crippen LogP contribution in [0.3, 0.4) is 0 Å². The summed E-state index contributed by atoms with van der Waals surface area (Å²) >= 11 is 0. The van der Waals surface area contributed by atoms with Crippen molar-refractivity contribution >= 4 is 11.9 Å². The minimum absolute atomic E-state index is 0.0112. The van der Waals surface area contributed by atoms with Crippen molar-refractivity contribution in [2.45, 2.75) is 127 Å². The molecule has 5 aliphatic carbocycles. The lowest BCUT2D eigenvalue weighted by molar-refractivity contribution is -0.180. The van der Waals surface area contributed by atoms with Gasteiger partial charge in [-0.2, -0.15) is 0 Å². The van der Waals surface area contributed by atoms with Crippen molar-refractivity contribution in [3.8, 4) is 0 Å². The van der Waals surface area contributed by atoms with Crippen molar-refractivity contribution in [3.05, 3.63) is 35.4 Å². The Morgan fingerprint density at radius 2 is 1.67 bits per heavy atom. The third-order valence-electron chi connectivity index (χ3n) is 15.7. The number of amides is 1. The monoisotopic (exact) mass is 618 g/mol. The van der Waals surface area contributed by atoms with Crippen molar-refractivity contribution < 1.29 is 14.7 Å². The summed E-state index contributed by atoms with van der Waals surface area (Å²) in [6.45, 7) is 12.8. The fraction of sp³-hybridized carbons (Fsp3) is 0.789. The van der Waals surface area contributed by atoms with Crippen LogP contribution in [0.1, 0.15) is 121 Å². The van der Waals surface area contributed by atoms with Gasteiger partial charge in [0, 0.05) is 28.1 Å². The molecule has 0 radical (unpaired) electrons. The van der Waals surface area contributed by atoms with Crippen LogP contribution in [0.2, 0.25) is 0 Å². The number of carbonyl (C=O) groups is 2. The van der Waals surface area contributed by atoms with Crippen molar-refractivity contribution in [2.24, 2.45) is 46.2 Å². The molecule has 7 heteroatoms. The number of hydrogen-bond donors (Lipinski definition) is 4. The summed E-state index contributed by atoms with van der Waals surface area (Å²) in [4.78, 5) is 26.8. The summed E-state index contributed by atoms with van der Waals surface area (Å²) in [7, 11) is 3.96. The van der Waals surface area contributed by atoms with Gasteiger partial charge in [-0.15, -0.1) is 0 Å². The number of carbonyl (C=O) groups excluding carboxylic acids is 1. The van der Waals surface area contributed by atoms with Gasteiger partial charge in [0.2, 0.25) is 5.91 Å². The standard InChI is InChI=1S/C38H58N4O3/c1-23(2)26-14-17-36(40-30(43)22-42(6)7)19-20-37(39)28(31(26)36)12-13-29-33(37,3)18-21-38-34(29,4)16-15-27(35(38,5)41-38)24-8-10-25(11-9-24)32(44)45/h8-11,23,26-29,31,41H,12-22,39H2,1-7H3,(H,40,43)(H,44,45)/t26-,27-,28+,29-,31+,33+,34+,35?,36-,37-,38-/m0/s1. The zero-order valence-electron chi connectivity index (χ0n) is 28.8. The molecule has 0 bridgehead atoms. The molecule has 1 aliphatic heterocycles. The van der Waals surface area contributed by atoms with E-state index in [9.17, 15) is 14.7 Å². The van der Waals surface area contributed by atoms with Crippen LogP contribution in [0.5, 0.6) is 0 Å². The minimum atomic E-state index is -0.865. The first kappa shape index (κ1) is 31.6. The van der Waals surface area contributed by atoms with Gasteiger partial charge in [0.25, 0.3) is 0 Å². The Hall–Kier alpha value is -1.96. The molecular weight excluding hydrogens is 560 g/mol. The molecule has 0 aromatic heterocycles. The van der Waals surface area contributed by atoms with E-state index in [1.54, 1.807) is 12.1 Å². The molecule has 1 spiro atoms. The summed E-state index contributed by atoms with van der Waals surface area (Å²) in [6, 6.07) is 7.67. The molecule has 1 aromatic rings. The summed E-state index contributed by atoms with van der Waals surface area (Å²) < 4.78 is 0. The molecule has 7 rings (SSSR count). The van der Waals surface area contributed by atoms with E-state index in [-0.39, 0.29) is 38.9 Å². The fourth-order valence-electron chi connectivity index (χ4n) is 13.6. The van der Waals surface area contributed by atoms with Gasteiger partial charge in [0.1, 0.15) is 0 Å². The molecular formula is C38H58N4O3. The Morgan fingerprint density at radius 1 is 0.956 bits per heavy atom. The summed E-state index contributed by atoms with van der Waals surface area (Å²) in [6.07, 6.45) is 11.2. The third kappa shape index (κ3) is 4.05. The van der Waals surface area contributed by atoms with Gasteiger partial charge in [0.15, 0.2) is 0 Å². The van der Waals surface area contributed by atoms with E-state index in [1.807, 2.05) is 19.0 Å². The van der Waals surface area contributed by atoms with Gasteiger partial charge < -0.3 is 26.4 Å². The topological polar surface area (TPSA) is 118 Å². The van der Waals surface area contributed by atoms with Gasteiger partial charge >= 0.3 is 5.97 Å². The highest BCUT2D eigenvalue weighted by Crippen LogP contribution is 2.78. The van der Waals surface area contributed by atoms with Crippen molar-refractivity contribution in [2.75, 3.05) is 20.6 Å². The Labute approximate surface area is 270 Å². The zero-order valence-corrected chi connectivity index (χ0v) is 28.8. The second-order valence-electron chi connectivity index (χ2n) is 17.8. The van der Waals surface area contributed by atoms with Crippen molar-refractivity contribution in [3.63, 3.8) is 0 Å². The van der Waals surface area contributed by atoms with Crippen molar-refractivity contribution in [1.29, 1.82) is 0 Å². The first-order valence-corrected chi connectivity index (χ1v) is 17.9. The number of nitrogens with one attached hydrogen (secondary N) is 2. The SMILES string of the molecule is CC(C)[C@@H]1CC[C@]2(NC(=O)CN(C)C)CC[C@]3(N)[C@H](CC[C@H]4[C@@]3(C)CC[C@@]35NC3(C)[C@H](c3ccc(C(=O)O)cc3)CC[C@]45C)[C@@H]12. The first-order chi connectivity index (χ1) is 21.1. The number of fused-ring (bicyclic) bond motifs is 6. The van der Waals surface area contributed by atoms with E-state index in [4.69, 9.17) is 5.73 Å². The predicted molar refractivity (Wildman–Crippen MR) is 178 cm³/mol. The molecule has 1 heterocycles. The summed E-state index contributed by atoms with van der Waals surface area (Å²) in [5, 5.41) is 17.3. The molecule has 5 N–H and O–H groups in total. The lowest BCUT2D eigenvalue weighted by Gasteiger charge is -2.71. The average molecular weight is 619 g/mol. The van der Waals surface area contributed by atoms with Crippen molar-refractivity contribution in [1.82, 2.24) is 15.5 Å². The lowest BCUT2D eigenvalue weighted by Crippen LogP contribution is -2.76. The predicted octanol–water partition coefficient (Wildman–Crippen LogP) is 5.79. The highest BCUT2D eigenvalue weighted by molar-refractivity contribution is 5.87. The van der Waals surface area contributed by atoms with Gasteiger partial charge in [-0.05, 0) is 143 Å². The maximum absolute atomic E-state index is 13.3. The molecule has 1 aromatic carbocycles. The maximum Gasteiger partial charge on any atom is 0.335 e. The molecule has 1 amide bonds. The molecule has 11 atom stereocenters. The molecule has 5 saturated carbocycles. The first-order valence-electron chi connectivity index (χ1n) is 17.9. The van der Waals surface area contributed by atoms with E-state index < -0.39 is 5.97 Å². The van der Waals surface area contributed by atoms with Crippen LogP contribution in [-0.2, 0) is 4.79 Å². The number of aromatic carboxylic acids is 1. The Balaban J connectivity index is 1.20. The fourth-order valence-corrected chi connectivity index (χ4v) is 13.6. The van der Waals surface area contributed by atoms with E-state index in [2.05, 4.69) is 57.4 Å². The summed E-state index contributed by atoms with van der Waals surface area (Å²) in [5.74, 6) is 2.29. The molecule has 7 nitrogen and oxygen atoms in total. The van der Waals surface area contributed by atoms with Gasteiger partial charge in [0.05, 0.1) is 12.1 Å². The number of hydrogen-bond acceptors (Lipinski definition) is 5. The zero-order chi connectivity index (χ0) is 32.4.